The van der Waals surface area contributed by atoms with Gasteiger partial charge in [0, 0.05) is 29.7 Å². The Morgan fingerprint density at radius 1 is 1.29 bits per heavy atom. The van der Waals surface area contributed by atoms with E-state index < -0.39 is 0 Å². The molecule has 2 amide bonds. The maximum atomic E-state index is 12.4. The molecule has 8 heteroatoms. The van der Waals surface area contributed by atoms with Crippen LogP contribution in [0.2, 0.25) is 0 Å². The molecular formula is C16H20N4O3S. The molecule has 0 saturated carbocycles. The summed E-state index contributed by atoms with van der Waals surface area (Å²) in [7, 11) is 1.33. The Kier molecular flexibility index (Phi) is 6.25. The molecule has 0 unspecified atom stereocenters. The van der Waals surface area contributed by atoms with Gasteiger partial charge in [0.1, 0.15) is 0 Å². The second kappa shape index (κ2) is 8.39. The third kappa shape index (κ3) is 4.76. The number of amides is 2. The normalized spacial score (nSPS) is 10.5. The number of nitrogens with zero attached hydrogens (tertiary/aromatic N) is 3. The molecular weight excluding hydrogens is 328 g/mol. The fraction of sp³-hybridized carbons (Fsp3) is 0.375. The number of rotatable bonds is 6. The van der Waals surface area contributed by atoms with Gasteiger partial charge in [0.05, 0.1) is 13.5 Å². The van der Waals surface area contributed by atoms with Gasteiger partial charge in [-0.2, -0.15) is 9.36 Å². The van der Waals surface area contributed by atoms with Crippen molar-refractivity contribution in [1.82, 2.24) is 14.3 Å². The van der Waals surface area contributed by atoms with Crippen molar-refractivity contribution in [3.8, 4) is 11.4 Å². The Balaban J connectivity index is 2.02. The van der Waals surface area contributed by atoms with Crippen LogP contribution in [0.1, 0.15) is 20.3 Å². The van der Waals surface area contributed by atoms with Gasteiger partial charge in [-0.15, -0.1) is 0 Å². The molecule has 0 saturated heterocycles. The van der Waals surface area contributed by atoms with Crippen LogP contribution in [0.3, 0.4) is 0 Å². The van der Waals surface area contributed by atoms with Crippen molar-refractivity contribution >= 4 is 28.7 Å². The molecule has 0 spiro atoms. The van der Waals surface area contributed by atoms with Crippen LogP contribution < -0.4 is 5.32 Å². The van der Waals surface area contributed by atoms with Gasteiger partial charge in [-0.1, -0.05) is 30.3 Å². The van der Waals surface area contributed by atoms with Gasteiger partial charge in [0.25, 0.3) is 0 Å². The predicted octanol–water partition coefficient (Wildman–Crippen LogP) is 3.01. The molecule has 24 heavy (non-hydrogen) atoms. The average Bonchev–Trinajstić information content (AvgIpc) is 3.03. The molecule has 0 aliphatic rings. The summed E-state index contributed by atoms with van der Waals surface area (Å²) in [5, 5.41) is 3.15. The van der Waals surface area contributed by atoms with E-state index in [0.717, 1.165) is 17.1 Å². The number of anilines is 1. The van der Waals surface area contributed by atoms with Crippen molar-refractivity contribution in [3.05, 3.63) is 30.3 Å². The summed E-state index contributed by atoms with van der Waals surface area (Å²) in [4.78, 5) is 29.6. The first-order chi connectivity index (χ1) is 11.5. The minimum Gasteiger partial charge on any atom is -0.469 e. The number of methoxy groups -OCH3 is 1. The van der Waals surface area contributed by atoms with Crippen LogP contribution in [-0.2, 0) is 9.53 Å². The molecule has 1 aromatic heterocycles. The zero-order chi connectivity index (χ0) is 17.5. The Hall–Kier alpha value is -2.48. The zero-order valence-corrected chi connectivity index (χ0v) is 14.7. The van der Waals surface area contributed by atoms with Gasteiger partial charge in [0.15, 0.2) is 5.82 Å². The van der Waals surface area contributed by atoms with E-state index in [1.165, 1.54) is 7.11 Å². The van der Waals surface area contributed by atoms with Crippen molar-refractivity contribution in [1.29, 1.82) is 0 Å². The number of benzene rings is 1. The molecule has 0 radical (unpaired) electrons. The van der Waals surface area contributed by atoms with E-state index in [4.69, 9.17) is 0 Å². The van der Waals surface area contributed by atoms with Gasteiger partial charge in [0.2, 0.25) is 5.13 Å². The zero-order valence-electron chi connectivity index (χ0n) is 13.9. The highest BCUT2D eigenvalue weighted by atomic mass is 32.1. The molecule has 1 N–H and O–H groups in total. The van der Waals surface area contributed by atoms with Crippen LogP contribution in [0.15, 0.2) is 30.3 Å². The molecule has 0 aliphatic carbocycles. The number of hydrogen-bond donors (Lipinski definition) is 1. The van der Waals surface area contributed by atoms with E-state index >= 15 is 0 Å². The lowest BCUT2D eigenvalue weighted by atomic mass is 10.2. The topological polar surface area (TPSA) is 84.4 Å². The molecule has 0 bridgehead atoms. The van der Waals surface area contributed by atoms with Gasteiger partial charge in [-0.3, -0.25) is 10.1 Å². The SMILES string of the molecule is COC(=O)CCN(C(=O)Nc1nc(-c2ccccc2)ns1)C(C)C. The van der Waals surface area contributed by atoms with E-state index in [-0.39, 0.29) is 31.0 Å². The molecule has 2 aromatic rings. The van der Waals surface area contributed by atoms with E-state index in [2.05, 4.69) is 19.4 Å². The van der Waals surface area contributed by atoms with E-state index in [1.54, 1.807) is 4.90 Å². The maximum Gasteiger partial charge on any atom is 0.323 e. The van der Waals surface area contributed by atoms with Crippen LogP contribution in [0, 0.1) is 0 Å². The maximum absolute atomic E-state index is 12.4. The number of nitrogens with one attached hydrogen (secondary N) is 1. The second-order valence-electron chi connectivity index (χ2n) is 5.33. The molecule has 0 fully saturated rings. The van der Waals surface area contributed by atoms with Crippen molar-refractivity contribution < 1.29 is 14.3 Å². The standard InChI is InChI=1S/C16H20N4O3S/c1-11(2)20(10-9-13(21)23-3)16(22)18-15-17-14(19-24-15)12-7-5-4-6-8-12/h4-8,11H,9-10H2,1-3H3,(H,17,18,19,22). The smallest absolute Gasteiger partial charge is 0.323 e. The summed E-state index contributed by atoms with van der Waals surface area (Å²) in [6, 6.07) is 9.17. The average molecular weight is 348 g/mol. The fourth-order valence-corrected chi connectivity index (χ4v) is 2.63. The van der Waals surface area contributed by atoms with Gasteiger partial charge in [-0.05, 0) is 13.8 Å². The van der Waals surface area contributed by atoms with Crippen molar-refractivity contribution in [2.75, 3.05) is 19.0 Å². The summed E-state index contributed by atoms with van der Waals surface area (Å²) in [6.07, 6.45) is 0.146. The first kappa shape index (κ1) is 17.9. The molecule has 0 aliphatic heterocycles. The first-order valence-corrected chi connectivity index (χ1v) is 8.32. The largest absolute Gasteiger partial charge is 0.469 e. The molecule has 128 valence electrons. The van der Waals surface area contributed by atoms with Gasteiger partial charge >= 0.3 is 12.0 Å². The molecule has 7 nitrogen and oxygen atoms in total. The summed E-state index contributed by atoms with van der Waals surface area (Å²) in [6.45, 7) is 4.04. The highest BCUT2D eigenvalue weighted by Gasteiger charge is 2.20. The number of carbonyl (C=O) groups is 2. The van der Waals surface area contributed by atoms with Crippen LogP contribution in [-0.4, -0.2) is 46.0 Å². The Morgan fingerprint density at radius 2 is 2.00 bits per heavy atom. The van der Waals surface area contributed by atoms with Gasteiger partial charge in [-0.25, -0.2) is 4.79 Å². The summed E-state index contributed by atoms with van der Waals surface area (Å²) < 4.78 is 8.87. The van der Waals surface area contributed by atoms with E-state index in [1.807, 2.05) is 44.2 Å². The number of hydrogen-bond acceptors (Lipinski definition) is 6. The number of aromatic nitrogens is 2. The lowest BCUT2D eigenvalue weighted by Crippen LogP contribution is -2.41. The Morgan fingerprint density at radius 3 is 2.62 bits per heavy atom. The lowest BCUT2D eigenvalue weighted by Gasteiger charge is -2.25. The summed E-state index contributed by atoms with van der Waals surface area (Å²) in [5.41, 5.74) is 0.889. The number of esters is 1. The third-order valence-corrected chi connectivity index (χ3v) is 3.97. The number of urea groups is 1. The highest BCUT2D eigenvalue weighted by molar-refractivity contribution is 7.10. The summed E-state index contributed by atoms with van der Waals surface area (Å²) >= 11 is 1.12. The molecule has 1 heterocycles. The molecule has 1 aromatic carbocycles. The van der Waals surface area contributed by atoms with Gasteiger partial charge < -0.3 is 9.64 Å². The van der Waals surface area contributed by atoms with Crippen LogP contribution >= 0.6 is 11.5 Å². The van der Waals surface area contributed by atoms with Crippen LogP contribution in [0.5, 0.6) is 0 Å². The molecule has 0 atom stereocenters. The van der Waals surface area contributed by atoms with E-state index in [0.29, 0.717) is 11.0 Å². The second-order valence-corrected chi connectivity index (χ2v) is 6.08. The summed E-state index contributed by atoms with van der Waals surface area (Å²) in [5.74, 6) is 0.220. The third-order valence-electron chi connectivity index (χ3n) is 3.34. The van der Waals surface area contributed by atoms with Crippen LogP contribution in [0.25, 0.3) is 11.4 Å². The molecule has 2 rings (SSSR count). The van der Waals surface area contributed by atoms with Crippen molar-refractivity contribution in [2.24, 2.45) is 0 Å². The van der Waals surface area contributed by atoms with Crippen LogP contribution in [0.4, 0.5) is 9.93 Å². The highest BCUT2D eigenvalue weighted by Crippen LogP contribution is 2.21. The quantitative estimate of drug-likeness (QED) is 0.811. The number of ether oxygens (including phenoxy) is 1. The predicted molar refractivity (Wildman–Crippen MR) is 92.8 cm³/mol. The monoisotopic (exact) mass is 348 g/mol. The van der Waals surface area contributed by atoms with Crippen molar-refractivity contribution in [3.63, 3.8) is 0 Å². The minimum absolute atomic E-state index is 0.0591. The van der Waals surface area contributed by atoms with Crippen molar-refractivity contribution in [2.45, 2.75) is 26.3 Å². The minimum atomic E-state index is -0.351. The fourth-order valence-electron chi connectivity index (χ4n) is 2.05. The first-order valence-electron chi connectivity index (χ1n) is 7.55. The Labute approximate surface area is 144 Å². The lowest BCUT2D eigenvalue weighted by molar-refractivity contribution is -0.140. The number of carbonyl (C=O) groups excluding carboxylic acids is 2. The van der Waals surface area contributed by atoms with E-state index in [9.17, 15) is 9.59 Å². The Bertz CT molecular complexity index is 688.